The van der Waals surface area contributed by atoms with Crippen LogP contribution in [0.5, 0.6) is 0 Å². The Bertz CT molecular complexity index is 676. The molecule has 0 aliphatic carbocycles. The van der Waals surface area contributed by atoms with E-state index >= 15 is 0 Å². The van der Waals surface area contributed by atoms with E-state index in [2.05, 4.69) is 25.9 Å². The highest BCUT2D eigenvalue weighted by Gasteiger charge is 2.04. The Morgan fingerprint density at radius 3 is 2.58 bits per heavy atom. The number of benzene rings is 1. The maximum absolute atomic E-state index is 11.6. The monoisotopic (exact) mass is 439 g/mol. The Hall–Kier alpha value is -2.16. The maximum atomic E-state index is 11.6. The second-order valence-corrected chi connectivity index (χ2v) is 4.88. The first-order chi connectivity index (χ1) is 11.2. The molecule has 0 saturated carbocycles. The molecule has 0 bridgehead atoms. The van der Waals surface area contributed by atoms with Crippen molar-refractivity contribution >= 4 is 35.8 Å². The van der Waals surface area contributed by atoms with Gasteiger partial charge in [0.2, 0.25) is 0 Å². The Balaban J connectivity index is 0.00000288. The average molecular weight is 439 g/mol. The molecule has 128 valence electrons. The van der Waals surface area contributed by atoms with E-state index in [-0.39, 0.29) is 29.9 Å². The smallest absolute Gasteiger partial charge is 0.251 e. The second kappa shape index (κ2) is 10.6. The van der Waals surface area contributed by atoms with E-state index in [1.165, 1.54) is 0 Å². The Kier molecular flexibility index (Phi) is 8.77. The molecule has 7 heteroatoms. The van der Waals surface area contributed by atoms with Crippen LogP contribution in [-0.2, 0) is 13.1 Å². The van der Waals surface area contributed by atoms with Crippen LogP contribution in [0.25, 0.3) is 0 Å². The van der Waals surface area contributed by atoms with Crippen molar-refractivity contribution in [3.05, 3.63) is 65.5 Å². The highest BCUT2D eigenvalue weighted by molar-refractivity contribution is 14.0. The third kappa shape index (κ3) is 6.15. The summed E-state index contributed by atoms with van der Waals surface area (Å²) in [6.45, 7) is 1.17. The van der Waals surface area contributed by atoms with Gasteiger partial charge in [-0.2, -0.15) is 0 Å². The number of nitrogens with one attached hydrogen (secondary N) is 3. The van der Waals surface area contributed by atoms with Crippen molar-refractivity contribution in [3.63, 3.8) is 0 Å². The fraction of sp³-hybridized carbons (Fsp3) is 0.235. The van der Waals surface area contributed by atoms with Crippen LogP contribution >= 0.6 is 24.0 Å². The van der Waals surface area contributed by atoms with Crippen LogP contribution in [-0.4, -0.2) is 30.9 Å². The minimum Gasteiger partial charge on any atom is -0.355 e. The molecule has 0 atom stereocenters. The predicted octanol–water partition coefficient (Wildman–Crippen LogP) is 1.92. The van der Waals surface area contributed by atoms with Gasteiger partial charge in [0.05, 0.1) is 12.2 Å². The lowest BCUT2D eigenvalue weighted by atomic mass is 10.1. The number of halogens is 1. The third-order valence-corrected chi connectivity index (χ3v) is 3.26. The van der Waals surface area contributed by atoms with Crippen LogP contribution < -0.4 is 16.0 Å². The summed E-state index contributed by atoms with van der Waals surface area (Å²) < 4.78 is 0. The number of guanidine groups is 1. The number of aromatic nitrogens is 1. The van der Waals surface area contributed by atoms with Gasteiger partial charge in [-0.25, -0.2) is 0 Å². The zero-order chi connectivity index (χ0) is 16.5. The number of amides is 1. The molecule has 1 heterocycles. The largest absolute Gasteiger partial charge is 0.355 e. The van der Waals surface area contributed by atoms with Gasteiger partial charge in [-0.05, 0) is 29.8 Å². The maximum Gasteiger partial charge on any atom is 0.251 e. The molecule has 6 nitrogen and oxygen atoms in total. The molecule has 1 aromatic carbocycles. The van der Waals surface area contributed by atoms with E-state index in [1.54, 1.807) is 26.4 Å². The van der Waals surface area contributed by atoms with Crippen molar-refractivity contribution in [2.45, 2.75) is 13.1 Å². The number of pyridine rings is 1. The molecule has 1 amide bonds. The minimum atomic E-state index is -0.0930. The lowest BCUT2D eigenvalue weighted by Gasteiger charge is -2.12. The number of carbonyl (C=O) groups is 1. The van der Waals surface area contributed by atoms with Crippen LogP contribution in [0.3, 0.4) is 0 Å². The van der Waals surface area contributed by atoms with E-state index in [0.29, 0.717) is 24.6 Å². The quantitative estimate of drug-likeness (QED) is 0.378. The number of hydrogen-bond acceptors (Lipinski definition) is 3. The zero-order valence-electron chi connectivity index (χ0n) is 13.7. The first kappa shape index (κ1) is 19.9. The Morgan fingerprint density at radius 2 is 1.92 bits per heavy atom. The van der Waals surface area contributed by atoms with Gasteiger partial charge in [-0.1, -0.05) is 18.2 Å². The summed E-state index contributed by atoms with van der Waals surface area (Å²) in [6.07, 6.45) is 1.76. The standard InChI is InChI=1S/C17H21N5O.HI/c1-18-16(23)14-7-5-6-13(10-14)11-21-17(19-2)22-12-15-8-3-4-9-20-15;/h3-10H,11-12H2,1-2H3,(H,18,23)(H2,19,21,22);1H. The van der Waals surface area contributed by atoms with Crippen molar-refractivity contribution in [2.24, 2.45) is 4.99 Å². The fourth-order valence-electron chi connectivity index (χ4n) is 2.05. The summed E-state index contributed by atoms with van der Waals surface area (Å²) in [5.74, 6) is 0.588. The molecular formula is C17H22IN5O. The predicted molar refractivity (Wildman–Crippen MR) is 107 cm³/mol. The number of hydrogen-bond donors (Lipinski definition) is 3. The molecule has 0 unspecified atom stereocenters. The van der Waals surface area contributed by atoms with Gasteiger partial charge in [-0.15, -0.1) is 24.0 Å². The van der Waals surface area contributed by atoms with Crippen LogP contribution in [0.2, 0.25) is 0 Å². The van der Waals surface area contributed by atoms with E-state index < -0.39 is 0 Å². The van der Waals surface area contributed by atoms with Gasteiger partial charge in [0.1, 0.15) is 0 Å². The highest BCUT2D eigenvalue weighted by atomic mass is 127. The molecule has 0 aliphatic heterocycles. The van der Waals surface area contributed by atoms with Gasteiger partial charge < -0.3 is 16.0 Å². The Labute approximate surface area is 159 Å². The lowest BCUT2D eigenvalue weighted by Crippen LogP contribution is -2.36. The molecule has 2 aromatic rings. The van der Waals surface area contributed by atoms with E-state index in [9.17, 15) is 4.79 Å². The fourth-order valence-corrected chi connectivity index (χ4v) is 2.05. The van der Waals surface area contributed by atoms with Gasteiger partial charge in [0.25, 0.3) is 5.91 Å². The summed E-state index contributed by atoms with van der Waals surface area (Å²) in [4.78, 5) is 20.1. The van der Waals surface area contributed by atoms with Crippen molar-refractivity contribution in [3.8, 4) is 0 Å². The highest BCUT2D eigenvalue weighted by Crippen LogP contribution is 2.05. The first-order valence-corrected chi connectivity index (χ1v) is 7.38. The average Bonchev–Trinajstić information content (AvgIpc) is 2.62. The SMILES string of the molecule is CN=C(NCc1cccc(C(=O)NC)c1)NCc1ccccn1.I. The first-order valence-electron chi connectivity index (χ1n) is 7.38. The van der Waals surface area contributed by atoms with Crippen molar-refractivity contribution in [1.29, 1.82) is 0 Å². The van der Waals surface area contributed by atoms with Gasteiger partial charge >= 0.3 is 0 Å². The summed E-state index contributed by atoms with van der Waals surface area (Å²) in [5, 5.41) is 9.04. The normalized spacial score (nSPS) is 10.5. The van der Waals surface area contributed by atoms with Crippen molar-refractivity contribution < 1.29 is 4.79 Å². The van der Waals surface area contributed by atoms with E-state index in [1.807, 2.05) is 36.4 Å². The molecule has 1 aromatic heterocycles. The van der Waals surface area contributed by atoms with Crippen LogP contribution in [0, 0.1) is 0 Å². The van der Waals surface area contributed by atoms with E-state index in [4.69, 9.17) is 0 Å². The lowest BCUT2D eigenvalue weighted by molar-refractivity contribution is 0.0963. The minimum absolute atomic E-state index is 0. The molecule has 24 heavy (non-hydrogen) atoms. The summed E-state index contributed by atoms with van der Waals surface area (Å²) >= 11 is 0. The van der Waals surface area contributed by atoms with Gasteiger partial charge in [0.15, 0.2) is 5.96 Å². The number of carbonyl (C=O) groups excluding carboxylic acids is 1. The van der Waals surface area contributed by atoms with Gasteiger partial charge in [0, 0.05) is 32.4 Å². The number of nitrogens with zero attached hydrogens (tertiary/aromatic N) is 2. The molecular weight excluding hydrogens is 417 g/mol. The summed E-state index contributed by atoms with van der Waals surface area (Å²) in [7, 11) is 3.34. The third-order valence-electron chi connectivity index (χ3n) is 3.26. The molecule has 0 radical (unpaired) electrons. The Morgan fingerprint density at radius 1 is 1.12 bits per heavy atom. The molecule has 0 saturated heterocycles. The van der Waals surface area contributed by atoms with Crippen LogP contribution in [0.15, 0.2) is 53.7 Å². The molecule has 0 aliphatic rings. The molecule has 0 fully saturated rings. The van der Waals surface area contributed by atoms with Crippen molar-refractivity contribution in [2.75, 3.05) is 14.1 Å². The van der Waals surface area contributed by atoms with E-state index in [0.717, 1.165) is 11.3 Å². The summed E-state index contributed by atoms with van der Waals surface area (Å²) in [5.41, 5.74) is 2.59. The number of aliphatic imine (C=N–C) groups is 1. The topological polar surface area (TPSA) is 78.4 Å². The molecule has 0 spiro atoms. The zero-order valence-corrected chi connectivity index (χ0v) is 16.1. The number of rotatable bonds is 5. The van der Waals surface area contributed by atoms with Crippen LogP contribution in [0.1, 0.15) is 21.6 Å². The van der Waals surface area contributed by atoms with Crippen molar-refractivity contribution in [1.82, 2.24) is 20.9 Å². The van der Waals surface area contributed by atoms with Gasteiger partial charge in [-0.3, -0.25) is 14.8 Å². The van der Waals surface area contributed by atoms with Crippen LogP contribution in [0.4, 0.5) is 0 Å². The summed E-state index contributed by atoms with van der Waals surface area (Å²) in [6, 6.07) is 13.3. The molecule has 2 rings (SSSR count). The second-order valence-electron chi connectivity index (χ2n) is 4.88. The molecule has 3 N–H and O–H groups in total.